The van der Waals surface area contributed by atoms with Gasteiger partial charge in [-0.15, -0.1) is 0 Å². The molecule has 0 bridgehead atoms. The molecule has 1 amide bonds. The van der Waals surface area contributed by atoms with Crippen molar-refractivity contribution in [3.63, 3.8) is 0 Å². The van der Waals surface area contributed by atoms with Gasteiger partial charge in [0.25, 0.3) is 5.91 Å². The van der Waals surface area contributed by atoms with Crippen LogP contribution >= 0.6 is 15.9 Å². The summed E-state index contributed by atoms with van der Waals surface area (Å²) in [5.74, 6) is 1.31. The molecule has 4 nitrogen and oxygen atoms in total. The van der Waals surface area contributed by atoms with Gasteiger partial charge in [0.15, 0.2) is 11.5 Å². The average molecular weight is 342 g/mol. The number of nitrogens with zero attached hydrogens (tertiary/aromatic N) is 1. The second kappa shape index (κ2) is 6.04. The lowest BCUT2D eigenvalue weighted by atomic mass is 10.1. The maximum absolute atomic E-state index is 12.7. The second-order valence-electron chi connectivity index (χ2n) is 5.38. The molecule has 1 aliphatic rings. The lowest BCUT2D eigenvalue weighted by Gasteiger charge is -2.31. The van der Waals surface area contributed by atoms with E-state index in [1.807, 2.05) is 32.6 Å². The van der Waals surface area contributed by atoms with E-state index < -0.39 is 0 Å². The van der Waals surface area contributed by atoms with Crippen molar-refractivity contribution in [3.8, 4) is 11.5 Å². The summed E-state index contributed by atoms with van der Waals surface area (Å²) in [4.78, 5) is 14.5. The average Bonchev–Trinajstić information content (AvgIpc) is 2.37. The molecule has 5 heteroatoms. The SMILES string of the molecule is CC(C)N(C(=O)c1cc(Br)c2c(c1)OCCO2)C(C)C. The van der Waals surface area contributed by atoms with Gasteiger partial charge in [0, 0.05) is 17.6 Å². The minimum atomic E-state index is 0.00711. The summed E-state index contributed by atoms with van der Waals surface area (Å²) in [6, 6.07) is 3.86. The molecular weight excluding hydrogens is 322 g/mol. The highest BCUT2D eigenvalue weighted by atomic mass is 79.9. The van der Waals surface area contributed by atoms with E-state index >= 15 is 0 Å². The lowest BCUT2D eigenvalue weighted by molar-refractivity contribution is 0.0642. The van der Waals surface area contributed by atoms with Crippen molar-refractivity contribution >= 4 is 21.8 Å². The second-order valence-corrected chi connectivity index (χ2v) is 6.24. The summed E-state index contributed by atoms with van der Waals surface area (Å²) >= 11 is 3.45. The maximum atomic E-state index is 12.7. The number of benzene rings is 1. The zero-order valence-electron chi connectivity index (χ0n) is 12.3. The highest BCUT2D eigenvalue weighted by Gasteiger charge is 2.25. The highest BCUT2D eigenvalue weighted by molar-refractivity contribution is 9.10. The Balaban J connectivity index is 2.37. The van der Waals surface area contributed by atoms with E-state index in [4.69, 9.17) is 9.47 Å². The van der Waals surface area contributed by atoms with Crippen LogP contribution in [0.2, 0.25) is 0 Å². The summed E-state index contributed by atoms with van der Waals surface area (Å²) in [7, 11) is 0. The molecule has 0 saturated heterocycles. The third-order valence-electron chi connectivity index (χ3n) is 3.19. The Morgan fingerprint density at radius 3 is 2.35 bits per heavy atom. The molecule has 0 unspecified atom stereocenters. The van der Waals surface area contributed by atoms with Crippen LogP contribution in [0.5, 0.6) is 11.5 Å². The molecule has 0 N–H and O–H groups in total. The van der Waals surface area contributed by atoms with Gasteiger partial charge < -0.3 is 14.4 Å². The van der Waals surface area contributed by atoms with Gasteiger partial charge in [-0.25, -0.2) is 0 Å². The van der Waals surface area contributed by atoms with Gasteiger partial charge in [-0.3, -0.25) is 4.79 Å². The van der Waals surface area contributed by atoms with E-state index in [-0.39, 0.29) is 18.0 Å². The lowest BCUT2D eigenvalue weighted by Crippen LogP contribution is -2.42. The minimum Gasteiger partial charge on any atom is -0.486 e. The van der Waals surface area contributed by atoms with Crippen LogP contribution < -0.4 is 9.47 Å². The number of hydrogen-bond acceptors (Lipinski definition) is 3. The number of hydrogen-bond donors (Lipinski definition) is 0. The van der Waals surface area contributed by atoms with E-state index in [1.54, 1.807) is 12.1 Å². The molecule has 110 valence electrons. The predicted octanol–water partition coefficient (Wildman–Crippen LogP) is 3.48. The normalized spacial score (nSPS) is 13.8. The molecule has 0 radical (unpaired) electrons. The number of carbonyl (C=O) groups excluding carboxylic acids is 1. The fourth-order valence-electron chi connectivity index (χ4n) is 2.45. The van der Waals surface area contributed by atoms with Gasteiger partial charge in [0.1, 0.15) is 13.2 Å². The van der Waals surface area contributed by atoms with Crippen molar-refractivity contribution in [2.24, 2.45) is 0 Å². The van der Waals surface area contributed by atoms with Crippen molar-refractivity contribution in [3.05, 3.63) is 22.2 Å². The molecule has 1 heterocycles. The first-order valence-electron chi connectivity index (χ1n) is 6.83. The monoisotopic (exact) mass is 341 g/mol. The van der Waals surface area contributed by atoms with Crippen LogP contribution in [0.25, 0.3) is 0 Å². The van der Waals surface area contributed by atoms with E-state index in [0.717, 1.165) is 4.47 Å². The quantitative estimate of drug-likeness (QED) is 0.844. The minimum absolute atomic E-state index is 0.00711. The first kappa shape index (κ1) is 15.2. The summed E-state index contributed by atoms with van der Waals surface area (Å²) in [6.45, 7) is 9.12. The molecule has 0 spiro atoms. The zero-order chi connectivity index (χ0) is 14.9. The van der Waals surface area contributed by atoms with Crippen molar-refractivity contribution in [1.82, 2.24) is 4.90 Å². The Bertz CT molecular complexity index is 506. The van der Waals surface area contributed by atoms with E-state index in [1.165, 1.54) is 0 Å². The van der Waals surface area contributed by atoms with Crippen LogP contribution in [0.4, 0.5) is 0 Å². The highest BCUT2D eigenvalue weighted by Crippen LogP contribution is 2.38. The Morgan fingerprint density at radius 2 is 1.75 bits per heavy atom. The van der Waals surface area contributed by atoms with Crippen LogP contribution in [0, 0.1) is 0 Å². The Morgan fingerprint density at radius 1 is 1.15 bits per heavy atom. The molecular formula is C15H20BrNO3. The fourth-order valence-corrected chi connectivity index (χ4v) is 3.01. The molecule has 0 aliphatic carbocycles. The van der Waals surface area contributed by atoms with Crippen LogP contribution in [0.15, 0.2) is 16.6 Å². The first-order valence-corrected chi connectivity index (χ1v) is 7.63. The number of halogens is 1. The fraction of sp³-hybridized carbons (Fsp3) is 0.533. The number of carbonyl (C=O) groups is 1. The van der Waals surface area contributed by atoms with E-state index in [0.29, 0.717) is 30.3 Å². The predicted molar refractivity (Wildman–Crippen MR) is 81.6 cm³/mol. The van der Waals surface area contributed by atoms with Gasteiger partial charge in [0.05, 0.1) is 4.47 Å². The first-order chi connectivity index (χ1) is 9.41. The maximum Gasteiger partial charge on any atom is 0.254 e. The third kappa shape index (κ3) is 2.92. The molecule has 1 aromatic rings. The van der Waals surface area contributed by atoms with Crippen LogP contribution in [0.3, 0.4) is 0 Å². The largest absolute Gasteiger partial charge is 0.486 e. The summed E-state index contributed by atoms with van der Waals surface area (Å²) in [6.07, 6.45) is 0. The molecule has 0 saturated carbocycles. The van der Waals surface area contributed by atoms with Crippen molar-refractivity contribution in [1.29, 1.82) is 0 Å². The standard InChI is InChI=1S/C15H20BrNO3/c1-9(2)17(10(3)4)15(18)11-7-12(16)14-13(8-11)19-5-6-20-14/h7-10H,5-6H2,1-4H3. The van der Waals surface area contributed by atoms with E-state index in [9.17, 15) is 4.79 Å². The van der Waals surface area contributed by atoms with Gasteiger partial charge in [-0.05, 0) is 55.8 Å². The molecule has 0 fully saturated rings. The van der Waals surface area contributed by atoms with Crippen LogP contribution in [-0.2, 0) is 0 Å². The Labute approximate surface area is 128 Å². The number of rotatable bonds is 3. The van der Waals surface area contributed by atoms with Gasteiger partial charge in [0.2, 0.25) is 0 Å². The van der Waals surface area contributed by atoms with Gasteiger partial charge in [-0.1, -0.05) is 0 Å². The Kier molecular flexibility index (Phi) is 4.58. The van der Waals surface area contributed by atoms with Crippen molar-refractivity contribution in [2.75, 3.05) is 13.2 Å². The molecule has 1 aromatic carbocycles. The summed E-state index contributed by atoms with van der Waals surface area (Å²) in [5, 5.41) is 0. The number of ether oxygens (including phenoxy) is 2. The molecule has 0 aromatic heterocycles. The topological polar surface area (TPSA) is 38.8 Å². The smallest absolute Gasteiger partial charge is 0.254 e. The Hall–Kier alpha value is -1.23. The van der Waals surface area contributed by atoms with Gasteiger partial charge >= 0.3 is 0 Å². The molecule has 20 heavy (non-hydrogen) atoms. The van der Waals surface area contributed by atoms with Crippen molar-refractivity contribution < 1.29 is 14.3 Å². The number of amides is 1. The van der Waals surface area contributed by atoms with Gasteiger partial charge in [-0.2, -0.15) is 0 Å². The summed E-state index contributed by atoms with van der Waals surface area (Å²) in [5.41, 5.74) is 0.614. The molecule has 0 atom stereocenters. The van der Waals surface area contributed by atoms with Crippen LogP contribution in [-0.4, -0.2) is 36.1 Å². The molecule has 1 aliphatic heterocycles. The third-order valence-corrected chi connectivity index (χ3v) is 3.78. The molecule has 2 rings (SSSR count). The van der Waals surface area contributed by atoms with Crippen molar-refractivity contribution in [2.45, 2.75) is 39.8 Å². The summed E-state index contributed by atoms with van der Waals surface area (Å²) < 4.78 is 11.9. The van der Waals surface area contributed by atoms with E-state index in [2.05, 4.69) is 15.9 Å². The zero-order valence-corrected chi connectivity index (χ0v) is 13.9. The van der Waals surface area contributed by atoms with Crippen LogP contribution in [0.1, 0.15) is 38.1 Å². The number of fused-ring (bicyclic) bond motifs is 1.